The summed E-state index contributed by atoms with van der Waals surface area (Å²) >= 11 is 1.68. The molecule has 144 valence electrons. The molecule has 0 radical (unpaired) electrons. The zero-order chi connectivity index (χ0) is 20.1. The molecule has 6 heteroatoms. The number of anilines is 1. The van der Waals surface area contributed by atoms with Crippen molar-refractivity contribution in [2.75, 3.05) is 11.9 Å². The van der Waals surface area contributed by atoms with Crippen molar-refractivity contribution in [3.63, 3.8) is 0 Å². The lowest BCUT2D eigenvalue weighted by molar-refractivity contribution is -0.119. The molecule has 0 aliphatic heterocycles. The molecule has 0 bridgehead atoms. The van der Waals surface area contributed by atoms with Crippen LogP contribution in [0.2, 0.25) is 0 Å². The fourth-order valence-electron chi connectivity index (χ4n) is 2.55. The van der Waals surface area contributed by atoms with Gasteiger partial charge in [-0.3, -0.25) is 4.79 Å². The van der Waals surface area contributed by atoms with Crippen LogP contribution in [-0.4, -0.2) is 18.5 Å². The molecule has 2 aromatic carbocycles. The van der Waals surface area contributed by atoms with Crippen LogP contribution >= 0.6 is 11.8 Å². The summed E-state index contributed by atoms with van der Waals surface area (Å²) in [5.74, 6) is -0.520. The first-order valence-corrected chi connectivity index (χ1v) is 9.60. The van der Waals surface area contributed by atoms with Gasteiger partial charge in [0.2, 0.25) is 0 Å². The van der Waals surface area contributed by atoms with E-state index >= 15 is 0 Å². The smallest absolute Gasteiger partial charge is 0.342 e. The quantitative estimate of drug-likeness (QED) is 0.585. The number of esters is 1. The van der Waals surface area contributed by atoms with Crippen molar-refractivity contribution < 1.29 is 18.7 Å². The van der Waals surface area contributed by atoms with Crippen molar-refractivity contribution in [2.24, 2.45) is 0 Å². The molecule has 0 aliphatic rings. The van der Waals surface area contributed by atoms with Crippen molar-refractivity contribution >= 4 is 29.3 Å². The largest absolute Gasteiger partial charge is 0.469 e. The van der Waals surface area contributed by atoms with Crippen molar-refractivity contribution in [3.05, 3.63) is 77.2 Å². The molecular formula is C22H21NO4S. The number of nitrogens with one attached hydrogen (secondary N) is 1. The van der Waals surface area contributed by atoms with Crippen LogP contribution in [0.25, 0.3) is 0 Å². The van der Waals surface area contributed by atoms with E-state index in [1.165, 1.54) is 28.4 Å². The van der Waals surface area contributed by atoms with E-state index in [9.17, 15) is 9.59 Å². The average molecular weight is 395 g/mol. The van der Waals surface area contributed by atoms with E-state index in [0.717, 1.165) is 4.90 Å². The predicted octanol–water partition coefficient (Wildman–Crippen LogP) is 5.15. The molecule has 28 heavy (non-hydrogen) atoms. The van der Waals surface area contributed by atoms with Crippen molar-refractivity contribution in [2.45, 2.75) is 30.6 Å². The predicted molar refractivity (Wildman–Crippen MR) is 109 cm³/mol. The molecule has 0 saturated heterocycles. The highest BCUT2D eigenvalue weighted by molar-refractivity contribution is 7.99. The third-order valence-corrected chi connectivity index (χ3v) is 5.29. The first-order valence-electron chi connectivity index (χ1n) is 8.78. The summed E-state index contributed by atoms with van der Waals surface area (Å²) in [5, 5.41) is 2.72. The molecule has 0 saturated carbocycles. The Kier molecular flexibility index (Phi) is 6.21. The maximum absolute atomic E-state index is 12.0. The Balaban J connectivity index is 1.53. The fraction of sp³-hybridized carbons (Fsp3) is 0.182. The van der Waals surface area contributed by atoms with Crippen LogP contribution in [-0.2, 0) is 9.53 Å². The fourth-order valence-corrected chi connectivity index (χ4v) is 3.55. The summed E-state index contributed by atoms with van der Waals surface area (Å²) in [6.07, 6.45) is 1.41. The number of amides is 1. The number of hydrogen-bond acceptors (Lipinski definition) is 5. The van der Waals surface area contributed by atoms with Crippen molar-refractivity contribution in [3.8, 4) is 0 Å². The van der Waals surface area contributed by atoms with Crippen LogP contribution < -0.4 is 5.32 Å². The molecule has 1 N–H and O–H groups in total. The summed E-state index contributed by atoms with van der Waals surface area (Å²) in [5.41, 5.74) is 3.41. The van der Waals surface area contributed by atoms with E-state index in [0.29, 0.717) is 17.0 Å². The lowest BCUT2D eigenvalue weighted by atomic mass is 10.2. The summed E-state index contributed by atoms with van der Waals surface area (Å²) < 4.78 is 10.1. The maximum atomic E-state index is 12.0. The van der Waals surface area contributed by atoms with E-state index in [1.807, 2.05) is 24.3 Å². The number of rotatable bonds is 6. The molecule has 0 unspecified atom stereocenters. The monoisotopic (exact) mass is 395 g/mol. The number of benzene rings is 2. The molecule has 0 spiro atoms. The molecule has 0 aliphatic carbocycles. The van der Waals surface area contributed by atoms with Gasteiger partial charge >= 0.3 is 5.97 Å². The van der Waals surface area contributed by atoms with E-state index in [1.54, 1.807) is 18.7 Å². The Hall–Kier alpha value is -2.99. The third-order valence-electron chi connectivity index (χ3n) is 4.12. The molecule has 1 aromatic heterocycles. The lowest BCUT2D eigenvalue weighted by Crippen LogP contribution is -2.21. The average Bonchev–Trinajstić information content (AvgIpc) is 3.10. The van der Waals surface area contributed by atoms with E-state index in [-0.39, 0.29) is 6.61 Å². The second kappa shape index (κ2) is 8.80. The van der Waals surface area contributed by atoms with E-state index in [4.69, 9.17) is 9.15 Å². The summed E-state index contributed by atoms with van der Waals surface area (Å²) in [4.78, 5) is 26.2. The van der Waals surface area contributed by atoms with Crippen LogP contribution in [0.5, 0.6) is 0 Å². The molecule has 3 rings (SSSR count). The molecule has 1 heterocycles. The second-order valence-electron chi connectivity index (χ2n) is 6.41. The van der Waals surface area contributed by atoms with Gasteiger partial charge in [-0.2, -0.15) is 0 Å². The molecule has 3 aromatic rings. The lowest BCUT2D eigenvalue weighted by Gasteiger charge is -2.09. The normalized spacial score (nSPS) is 10.5. The summed E-state index contributed by atoms with van der Waals surface area (Å²) in [7, 11) is 0. The van der Waals surface area contributed by atoms with Crippen LogP contribution in [0.4, 0.5) is 5.69 Å². The molecule has 0 fully saturated rings. The molecular weight excluding hydrogens is 374 g/mol. The Bertz CT molecular complexity index is 992. The van der Waals surface area contributed by atoms with Gasteiger partial charge in [-0.25, -0.2) is 4.79 Å². The van der Waals surface area contributed by atoms with Gasteiger partial charge in [-0.15, -0.1) is 0 Å². The SMILES string of the molecule is Cc1ccc(C)c(Sc2ccc(NC(=O)COC(=O)c3ccoc3C)cc2)c1. The number of furan rings is 1. The van der Waals surface area contributed by atoms with Crippen LogP contribution in [0.1, 0.15) is 27.2 Å². The Morgan fingerprint density at radius 1 is 1.04 bits per heavy atom. The number of aryl methyl sites for hydroxylation is 3. The van der Waals surface area contributed by atoms with Crippen LogP contribution in [0.15, 0.2) is 69.0 Å². The zero-order valence-electron chi connectivity index (χ0n) is 15.9. The topological polar surface area (TPSA) is 68.5 Å². The standard InChI is InChI=1S/C22H21NO4S/c1-14-4-5-15(2)20(12-14)28-18-8-6-17(7-9-18)23-21(24)13-27-22(25)19-10-11-26-16(19)3/h4-12H,13H2,1-3H3,(H,23,24). The minimum absolute atomic E-state index is 0.320. The molecule has 5 nitrogen and oxygen atoms in total. The highest BCUT2D eigenvalue weighted by Crippen LogP contribution is 2.31. The maximum Gasteiger partial charge on any atom is 0.342 e. The van der Waals surface area contributed by atoms with Gasteiger partial charge in [0, 0.05) is 15.5 Å². The number of ether oxygens (including phenoxy) is 1. The highest BCUT2D eigenvalue weighted by Gasteiger charge is 2.14. The van der Waals surface area contributed by atoms with Gasteiger partial charge in [0.15, 0.2) is 6.61 Å². The first-order chi connectivity index (χ1) is 13.4. The number of carbonyl (C=O) groups is 2. The highest BCUT2D eigenvalue weighted by atomic mass is 32.2. The van der Waals surface area contributed by atoms with Gasteiger partial charge in [-0.05, 0) is 68.3 Å². The van der Waals surface area contributed by atoms with Crippen molar-refractivity contribution in [1.82, 2.24) is 0 Å². The van der Waals surface area contributed by atoms with Gasteiger partial charge < -0.3 is 14.5 Å². The Morgan fingerprint density at radius 2 is 1.79 bits per heavy atom. The van der Waals surface area contributed by atoms with Gasteiger partial charge in [0.25, 0.3) is 5.91 Å². The number of hydrogen-bond donors (Lipinski definition) is 1. The Morgan fingerprint density at radius 3 is 2.46 bits per heavy atom. The first kappa shape index (κ1) is 19.8. The Labute approximate surface area is 168 Å². The number of carbonyl (C=O) groups excluding carboxylic acids is 2. The second-order valence-corrected chi connectivity index (χ2v) is 7.53. The third kappa shape index (κ3) is 5.04. The van der Waals surface area contributed by atoms with Crippen LogP contribution in [0.3, 0.4) is 0 Å². The zero-order valence-corrected chi connectivity index (χ0v) is 16.8. The van der Waals surface area contributed by atoms with E-state index < -0.39 is 11.9 Å². The van der Waals surface area contributed by atoms with Crippen LogP contribution in [0, 0.1) is 20.8 Å². The summed E-state index contributed by atoms with van der Waals surface area (Å²) in [6, 6.07) is 15.4. The van der Waals surface area contributed by atoms with Gasteiger partial charge in [-0.1, -0.05) is 23.9 Å². The van der Waals surface area contributed by atoms with Gasteiger partial charge in [0.05, 0.1) is 6.26 Å². The molecule has 0 atom stereocenters. The summed E-state index contributed by atoms with van der Waals surface area (Å²) in [6.45, 7) is 5.46. The van der Waals surface area contributed by atoms with Gasteiger partial charge in [0.1, 0.15) is 11.3 Å². The minimum atomic E-state index is -0.582. The minimum Gasteiger partial charge on any atom is -0.469 e. The van der Waals surface area contributed by atoms with E-state index in [2.05, 4.69) is 37.4 Å². The van der Waals surface area contributed by atoms with Crippen molar-refractivity contribution in [1.29, 1.82) is 0 Å². The molecule has 1 amide bonds.